The SMILES string of the molecule is Clc1cc(Br)ncn1.Fc1cccc(Oc2cc(Br)ncn2)c1-c1cc(C(F)(F)F)on1.Oc1cccc(F)c1-c1cc(C(F)(F)F)on1. The molecule has 0 saturated heterocycles. The molecule has 21 heteroatoms. The minimum absolute atomic E-state index is 0.0670. The minimum Gasteiger partial charge on any atom is -0.507 e. The molecule has 1 N–H and O–H groups in total. The Labute approximate surface area is 290 Å². The van der Waals surface area contributed by atoms with E-state index < -0.39 is 52.5 Å². The molecule has 0 aliphatic rings. The molecule has 0 aliphatic heterocycles. The molecular weight excluding hydrogens is 832 g/mol. The van der Waals surface area contributed by atoms with E-state index in [0.717, 1.165) is 18.2 Å². The molecule has 0 aliphatic carbocycles. The Morgan fingerprint density at radius 1 is 0.673 bits per heavy atom. The summed E-state index contributed by atoms with van der Waals surface area (Å²) in [6.07, 6.45) is -6.83. The van der Waals surface area contributed by atoms with Gasteiger partial charge in [-0.1, -0.05) is 34.0 Å². The third kappa shape index (κ3) is 10.2. The fourth-order valence-corrected chi connectivity index (χ4v) is 4.33. The Morgan fingerprint density at radius 2 is 1.18 bits per heavy atom. The Balaban J connectivity index is 0.000000187. The van der Waals surface area contributed by atoms with Gasteiger partial charge in [-0.15, -0.1) is 0 Å². The van der Waals surface area contributed by atoms with Gasteiger partial charge in [-0.05, 0) is 56.1 Å². The first-order chi connectivity index (χ1) is 23.0. The summed E-state index contributed by atoms with van der Waals surface area (Å²) in [5.41, 5.74) is -1.45. The van der Waals surface area contributed by atoms with E-state index in [1.807, 2.05) is 0 Å². The van der Waals surface area contributed by atoms with E-state index in [0.29, 0.717) is 26.5 Å². The molecule has 2 aromatic carbocycles. The van der Waals surface area contributed by atoms with Crippen LogP contribution in [0.25, 0.3) is 22.5 Å². The Hall–Kier alpha value is -4.69. The maximum Gasteiger partial charge on any atom is 0.452 e. The number of phenolic OH excluding ortho intramolecular Hbond substituents is 1. The molecule has 4 aromatic heterocycles. The molecule has 0 radical (unpaired) electrons. The molecule has 0 saturated carbocycles. The third-order valence-corrected chi connectivity index (χ3v) is 6.56. The highest BCUT2D eigenvalue weighted by Crippen LogP contribution is 2.38. The van der Waals surface area contributed by atoms with E-state index in [9.17, 15) is 40.2 Å². The standard InChI is InChI=1S/C14H6BrF4N3O2.C10H5F4NO2.C4H2BrClN2/c15-11-5-12(21-6-20-11)23-9-3-1-2-7(16)13(9)8-4-10(24-22-8)14(17,18)19;11-5-2-1-3-7(16)9(5)6-4-8(17-15-6)10(12,13)14;5-3-1-4(6)8-2-7-3/h1-6H;1-4,16H;1-2H. The third-order valence-electron chi connectivity index (χ3n) is 5.48. The number of phenols is 1. The summed E-state index contributed by atoms with van der Waals surface area (Å²) in [5.74, 6) is -4.89. The van der Waals surface area contributed by atoms with Crippen LogP contribution in [0.4, 0.5) is 35.1 Å². The van der Waals surface area contributed by atoms with E-state index in [1.165, 1.54) is 36.9 Å². The fraction of sp³-hybridized carbons (Fsp3) is 0.0714. The van der Waals surface area contributed by atoms with Crippen molar-refractivity contribution < 1.29 is 54.0 Å². The van der Waals surface area contributed by atoms with Crippen molar-refractivity contribution >= 4 is 43.5 Å². The summed E-state index contributed by atoms with van der Waals surface area (Å²) in [6, 6.07) is 11.3. The summed E-state index contributed by atoms with van der Waals surface area (Å²) < 4.78 is 117. The second-order valence-corrected chi connectivity index (χ2v) is 10.9. The maximum atomic E-state index is 14.1. The zero-order chi connectivity index (χ0) is 35.9. The lowest BCUT2D eigenvalue weighted by Crippen LogP contribution is -2.02. The Kier molecular flexibility index (Phi) is 11.9. The van der Waals surface area contributed by atoms with Crippen LogP contribution in [-0.4, -0.2) is 35.4 Å². The van der Waals surface area contributed by atoms with Crippen LogP contribution in [0.1, 0.15) is 11.5 Å². The van der Waals surface area contributed by atoms with Crippen molar-refractivity contribution in [2.45, 2.75) is 12.4 Å². The normalized spacial score (nSPS) is 11.2. The molecule has 4 heterocycles. The van der Waals surface area contributed by atoms with Crippen LogP contribution < -0.4 is 4.74 Å². The van der Waals surface area contributed by atoms with Gasteiger partial charge in [0.1, 0.15) is 61.5 Å². The van der Waals surface area contributed by atoms with Crippen molar-refractivity contribution in [3.8, 4) is 39.9 Å². The smallest absolute Gasteiger partial charge is 0.452 e. The Bertz CT molecular complexity index is 2010. The summed E-state index contributed by atoms with van der Waals surface area (Å²) in [5, 5.41) is 16.2. The lowest BCUT2D eigenvalue weighted by molar-refractivity contribution is -0.156. The Morgan fingerprint density at radius 3 is 1.65 bits per heavy atom. The van der Waals surface area contributed by atoms with Crippen molar-refractivity contribution in [2.24, 2.45) is 0 Å². The number of aromatic hydroxyl groups is 1. The molecule has 49 heavy (non-hydrogen) atoms. The number of ether oxygens (including phenoxy) is 1. The van der Waals surface area contributed by atoms with Gasteiger partial charge in [0.15, 0.2) is 0 Å². The number of rotatable bonds is 4. The van der Waals surface area contributed by atoms with Gasteiger partial charge >= 0.3 is 12.4 Å². The molecule has 0 bridgehead atoms. The van der Waals surface area contributed by atoms with Crippen LogP contribution in [-0.2, 0) is 12.4 Å². The molecule has 6 aromatic rings. The van der Waals surface area contributed by atoms with Crippen LogP contribution in [0.3, 0.4) is 0 Å². The molecule has 0 spiro atoms. The predicted octanol–water partition coefficient (Wildman–Crippen LogP) is 9.94. The van der Waals surface area contributed by atoms with Gasteiger partial charge in [0.2, 0.25) is 17.4 Å². The lowest BCUT2D eigenvalue weighted by Gasteiger charge is -2.09. The minimum atomic E-state index is -4.73. The summed E-state index contributed by atoms with van der Waals surface area (Å²) in [4.78, 5) is 15.1. The van der Waals surface area contributed by atoms with Crippen LogP contribution >= 0.6 is 43.5 Å². The van der Waals surface area contributed by atoms with Gasteiger partial charge < -0.3 is 18.9 Å². The predicted molar refractivity (Wildman–Crippen MR) is 160 cm³/mol. The highest BCUT2D eigenvalue weighted by molar-refractivity contribution is 9.10. The highest BCUT2D eigenvalue weighted by atomic mass is 79.9. The first kappa shape index (κ1) is 37.1. The van der Waals surface area contributed by atoms with Crippen molar-refractivity contribution in [1.29, 1.82) is 0 Å². The molecule has 0 unspecified atom stereocenters. The summed E-state index contributed by atoms with van der Waals surface area (Å²) >= 11 is 11.7. The summed E-state index contributed by atoms with van der Waals surface area (Å²) in [7, 11) is 0. The van der Waals surface area contributed by atoms with Crippen LogP contribution in [0, 0.1) is 11.6 Å². The average Bonchev–Trinajstić information content (AvgIpc) is 3.69. The largest absolute Gasteiger partial charge is 0.507 e. The monoisotopic (exact) mass is 842 g/mol. The number of aromatic nitrogens is 6. The van der Waals surface area contributed by atoms with Gasteiger partial charge in [-0.25, -0.2) is 28.7 Å². The second kappa shape index (κ2) is 15.7. The number of halogens is 11. The maximum absolute atomic E-state index is 14.1. The van der Waals surface area contributed by atoms with Crippen LogP contribution in [0.2, 0.25) is 5.15 Å². The summed E-state index contributed by atoms with van der Waals surface area (Å²) in [6.45, 7) is 0. The van der Waals surface area contributed by atoms with E-state index in [4.69, 9.17) is 16.3 Å². The van der Waals surface area contributed by atoms with Gasteiger partial charge in [-0.2, -0.15) is 26.3 Å². The fourth-order valence-electron chi connectivity index (χ4n) is 3.46. The highest BCUT2D eigenvalue weighted by Gasteiger charge is 2.37. The zero-order valence-corrected chi connectivity index (χ0v) is 27.4. The van der Waals surface area contributed by atoms with Gasteiger partial charge in [0.05, 0.1) is 11.1 Å². The first-order valence-electron chi connectivity index (χ1n) is 12.7. The number of hydrogen-bond donors (Lipinski definition) is 1. The topological polar surface area (TPSA) is 133 Å². The van der Waals surface area contributed by atoms with E-state index in [1.54, 1.807) is 6.07 Å². The lowest BCUT2D eigenvalue weighted by atomic mass is 10.1. The average molecular weight is 845 g/mol. The van der Waals surface area contributed by atoms with E-state index >= 15 is 0 Å². The molecular formula is C28H13Br2ClF8N6O4. The van der Waals surface area contributed by atoms with Crippen molar-refractivity contribution in [3.63, 3.8) is 0 Å². The van der Waals surface area contributed by atoms with Crippen LogP contribution in [0.5, 0.6) is 17.4 Å². The molecule has 0 atom stereocenters. The first-order valence-corrected chi connectivity index (χ1v) is 14.6. The quantitative estimate of drug-likeness (QED) is 0.135. The second-order valence-electron chi connectivity index (χ2n) is 8.84. The van der Waals surface area contributed by atoms with Gasteiger partial charge in [0, 0.05) is 24.3 Å². The number of hydrogen-bond acceptors (Lipinski definition) is 10. The number of nitrogens with zero attached hydrogens (tertiary/aromatic N) is 6. The van der Waals surface area contributed by atoms with Crippen molar-refractivity contribution in [2.75, 3.05) is 0 Å². The molecule has 256 valence electrons. The molecule has 0 amide bonds. The molecule has 10 nitrogen and oxygen atoms in total. The van der Waals surface area contributed by atoms with Crippen molar-refractivity contribution in [3.05, 3.63) is 111 Å². The molecule has 6 rings (SSSR count). The zero-order valence-electron chi connectivity index (χ0n) is 23.4. The number of benzene rings is 2. The van der Waals surface area contributed by atoms with E-state index in [-0.39, 0.29) is 22.9 Å². The number of alkyl halides is 6. The van der Waals surface area contributed by atoms with Crippen molar-refractivity contribution in [1.82, 2.24) is 30.2 Å². The van der Waals surface area contributed by atoms with Gasteiger partial charge in [-0.3, -0.25) is 0 Å². The molecule has 0 fully saturated rings. The van der Waals surface area contributed by atoms with Crippen LogP contribution in [0.15, 0.2) is 91.6 Å². The van der Waals surface area contributed by atoms with Gasteiger partial charge in [0.25, 0.3) is 0 Å². The van der Waals surface area contributed by atoms with E-state index in [2.05, 4.69) is 71.2 Å².